The molecule has 0 heterocycles. The van der Waals surface area contributed by atoms with Gasteiger partial charge < -0.3 is 0 Å². The zero-order valence-electron chi connectivity index (χ0n) is 11.1. The minimum atomic E-state index is -3.94. The molecule has 0 radical (unpaired) electrons. The van der Waals surface area contributed by atoms with Crippen LogP contribution < -0.4 is 0 Å². The molecule has 2 aromatic carbocycles. The van der Waals surface area contributed by atoms with Gasteiger partial charge in [-0.2, -0.15) is 4.31 Å². The summed E-state index contributed by atoms with van der Waals surface area (Å²) < 4.78 is 39.4. The van der Waals surface area contributed by atoms with Crippen LogP contribution in [0.25, 0.3) is 0 Å². The molecule has 0 unspecified atom stereocenters. The monoisotopic (exact) mass is 347 g/mol. The third kappa shape index (κ3) is 3.37. The summed E-state index contributed by atoms with van der Waals surface area (Å²) in [5.41, 5.74) is 0.548. The molecule has 3 nitrogen and oxygen atoms in total. The van der Waals surface area contributed by atoms with Gasteiger partial charge in [-0.3, -0.25) is 0 Å². The highest BCUT2D eigenvalue weighted by Crippen LogP contribution is 2.28. The van der Waals surface area contributed by atoms with E-state index in [0.717, 1.165) is 10.4 Å². The van der Waals surface area contributed by atoms with Crippen molar-refractivity contribution in [3.8, 4) is 0 Å². The van der Waals surface area contributed by atoms with Gasteiger partial charge in [0.25, 0.3) is 0 Å². The van der Waals surface area contributed by atoms with Crippen molar-refractivity contribution in [3.05, 3.63) is 63.9 Å². The van der Waals surface area contributed by atoms with E-state index in [1.165, 1.54) is 25.2 Å². The highest BCUT2D eigenvalue weighted by molar-refractivity contribution is 7.89. The average Bonchev–Trinajstić information content (AvgIpc) is 2.44. The Morgan fingerprint density at radius 1 is 1.10 bits per heavy atom. The van der Waals surface area contributed by atoms with Crippen LogP contribution in [0.2, 0.25) is 10.0 Å². The third-order valence-corrected chi connectivity index (χ3v) is 5.64. The summed E-state index contributed by atoms with van der Waals surface area (Å²) in [5.74, 6) is -0.790. The summed E-state index contributed by atoms with van der Waals surface area (Å²) in [7, 11) is -2.58. The van der Waals surface area contributed by atoms with Crippen LogP contribution in [0.1, 0.15) is 5.56 Å². The molecule has 0 N–H and O–H groups in total. The SMILES string of the molecule is CN(Cc1cccc(Cl)c1Cl)S(=O)(=O)c1ccccc1F. The maximum absolute atomic E-state index is 13.7. The smallest absolute Gasteiger partial charge is 0.207 e. The fourth-order valence-corrected chi connectivity index (χ4v) is 3.41. The van der Waals surface area contributed by atoms with Crippen molar-refractivity contribution in [1.82, 2.24) is 4.31 Å². The van der Waals surface area contributed by atoms with E-state index in [-0.39, 0.29) is 16.5 Å². The summed E-state index contributed by atoms with van der Waals surface area (Å²) in [6.07, 6.45) is 0. The molecule has 2 rings (SSSR count). The largest absolute Gasteiger partial charge is 0.246 e. The van der Waals surface area contributed by atoms with E-state index in [0.29, 0.717) is 10.6 Å². The minimum absolute atomic E-state index is 0.00391. The predicted octanol–water partition coefficient (Wildman–Crippen LogP) is 3.95. The normalized spacial score (nSPS) is 11.9. The van der Waals surface area contributed by atoms with Crippen molar-refractivity contribution in [2.75, 3.05) is 7.05 Å². The second kappa shape index (κ2) is 6.32. The number of hydrogen-bond donors (Lipinski definition) is 0. The van der Waals surface area contributed by atoms with Crippen molar-refractivity contribution < 1.29 is 12.8 Å². The topological polar surface area (TPSA) is 37.4 Å². The highest BCUT2D eigenvalue weighted by atomic mass is 35.5. The van der Waals surface area contributed by atoms with E-state index in [9.17, 15) is 12.8 Å². The molecule has 0 aromatic heterocycles. The molecule has 0 aliphatic carbocycles. The molecule has 0 spiro atoms. The van der Waals surface area contributed by atoms with Gasteiger partial charge in [0.2, 0.25) is 10.0 Å². The fourth-order valence-electron chi connectivity index (χ4n) is 1.82. The van der Waals surface area contributed by atoms with Gasteiger partial charge in [-0.05, 0) is 23.8 Å². The first-order chi connectivity index (χ1) is 9.84. The molecule has 2 aromatic rings. The first-order valence-corrected chi connectivity index (χ1v) is 8.17. The molecule has 0 saturated carbocycles. The zero-order chi connectivity index (χ0) is 15.6. The molecule has 0 aliphatic rings. The van der Waals surface area contributed by atoms with Gasteiger partial charge in [0.15, 0.2) is 0 Å². The molecule has 0 saturated heterocycles. The molecule has 21 heavy (non-hydrogen) atoms. The van der Waals surface area contributed by atoms with Crippen LogP contribution in [-0.2, 0) is 16.6 Å². The van der Waals surface area contributed by atoms with Crippen LogP contribution in [0, 0.1) is 5.82 Å². The van der Waals surface area contributed by atoms with Gasteiger partial charge >= 0.3 is 0 Å². The third-order valence-electron chi connectivity index (χ3n) is 2.95. The summed E-state index contributed by atoms with van der Waals surface area (Å²) in [5, 5.41) is 0.626. The summed E-state index contributed by atoms with van der Waals surface area (Å²) in [6.45, 7) is -0.00391. The first-order valence-electron chi connectivity index (χ1n) is 5.98. The van der Waals surface area contributed by atoms with Gasteiger partial charge in [-0.25, -0.2) is 12.8 Å². The fraction of sp³-hybridized carbons (Fsp3) is 0.143. The van der Waals surface area contributed by atoms with E-state index < -0.39 is 15.8 Å². The lowest BCUT2D eigenvalue weighted by Crippen LogP contribution is -2.27. The molecular weight excluding hydrogens is 336 g/mol. The van der Waals surface area contributed by atoms with Crippen LogP contribution in [0.15, 0.2) is 47.4 Å². The second-order valence-electron chi connectivity index (χ2n) is 4.40. The molecule has 0 aliphatic heterocycles. The number of hydrogen-bond acceptors (Lipinski definition) is 2. The van der Waals surface area contributed by atoms with Gasteiger partial charge in [-0.1, -0.05) is 47.5 Å². The number of nitrogens with zero attached hydrogens (tertiary/aromatic N) is 1. The van der Waals surface area contributed by atoms with Crippen molar-refractivity contribution in [2.24, 2.45) is 0 Å². The second-order valence-corrected chi connectivity index (χ2v) is 7.20. The van der Waals surface area contributed by atoms with Crippen molar-refractivity contribution in [3.63, 3.8) is 0 Å². The highest BCUT2D eigenvalue weighted by Gasteiger charge is 2.24. The van der Waals surface area contributed by atoms with Crippen LogP contribution in [0.4, 0.5) is 4.39 Å². The van der Waals surface area contributed by atoms with Gasteiger partial charge in [0, 0.05) is 13.6 Å². The molecule has 0 amide bonds. The lowest BCUT2D eigenvalue weighted by Gasteiger charge is -2.18. The van der Waals surface area contributed by atoms with Gasteiger partial charge in [0.1, 0.15) is 10.7 Å². The molecular formula is C14H12Cl2FNO2S. The van der Waals surface area contributed by atoms with E-state index >= 15 is 0 Å². The number of rotatable bonds is 4. The van der Waals surface area contributed by atoms with E-state index in [2.05, 4.69) is 0 Å². The Hall–Kier alpha value is -1.14. The zero-order valence-corrected chi connectivity index (χ0v) is 13.4. The summed E-state index contributed by atoms with van der Waals surface area (Å²) in [4.78, 5) is -0.370. The summed E-state index contributed by atoms with van der Waals surface area (Å²) in [6, 6.07) is 10.2. The van der Waals surface area contributed by atoms with Crippen LogP contribution in [0.5, 0.6) is 0 Å². The van der Waals surface area contributed by atoms with Crippen LogP contribution in [0.3, 0.4) is 0 Å². The Labute approximate surface area is 133 Å². The molecule has 0 fully saturated rings. The number of benzene rings is 2. The van der Waals surface area contributed by atoms with Gasteiger partial charge in [-0.15, -0.1) is 0 Å². The van der Waals surface area contributed by atoms with Gasteiger partial charge in [0.05, 0.1) is 10.0 Å². The van der Waals surface area contributed by atoms with Crippen molar-refractivity contribution >= 4 is 33.2 Å². The van der Waals surface area contributed by atoms with E-state index in [1.54, 1.807) is 18.2 Å². The quantitative estimate of drug-likeness (QED) is 0.839. The Morgan fingerprint density at radius 2 is 1.76 bits per heavy atom. The Bertz CT molecular complexity index is 765. The summed E-state index contributed by atoms with van der Waals surface area (Å²) >= 11 is 11.9. The Kier molecular flexibility index (Phi) is 4.88. The maximum atomic E-state index is 13.7. The van der Waals surface area contributed by atoms with Crippen LogP contribution >= 0.6 is 23.2 Å². The number of halogens is 3. The lowest BCUT2D eigenvalue weighted by atomic mass is 10.2. The molecule has 112 valence electrons. The van der Waals surface area contributed by atoms with E-state index in [1.807, 2.05) is 0 Å². The lowest BCUT2D eigenvalue weighted by molar-refractivity contribution is 0.460. The van der Waals surface area contributed by atoms with Crippen molar-refractivity contribution in [1.29, 1.82) is 0 Å². The van der Waals surface area contributed by atoms with Crippen molar-refractivity contribution in [2.45, 2.75) is 11.4 Å². The number of sulfonamides is 1. The molecule has 0 atom stereocenters. The van der Waals surface area contributed by atoms with Crippen LogP contribution in [-0.4, -0.2) is 19.8 Å². The van der Waals surface area contributed by atoms with E-state index in [4.69, 9.17) is 23.2 Å². The average molecular weight is 348 g/mol. The predicted molar refractivity (Wildman–Crippen MR) is 81.5 cm³/mol. The Morgan fingerprint density at radius 3 is 2.43 bits per heavy atom. The first kappa shape index (κ1) is 16.2. The standard InChI is InChI=1S/C14H12Cl2FNO2S/c1-18(9-10-5-4-6-11(15)14(10)16)21(19,20)13-8-3-2-7-12(13)17/h2-8H,9H2,1H3. The molecule has 0 bridgehead atoms. The minimum Gasteiger partial charge on any atom is -0.207 e. The molecule has 7 heteroatoms. The Balaban J connectivity index is 2.34. The maximum Gasteiger partial charge on any atom is 0.246 e.